The summed E-state index contributed by atoms with van der Waals surface area (Å²) in [5.41, 5.74) is 1.93. The smallest absolute Gasteiger partial charge is 0.323 e. The molecule has 0 saturated carbocycles. The summed E-state index contributed by atoms with van der Waals surface area (Å²) in [5.74, 6) is -0.917. The molecule has 0 aliphatic carbocycles. The third-order valence-electron chi connectivity index (χ3n) is 5.49. The molecule has 1 aliphatic rings. The molecule has 2 amide bonds. The average molecular weight is 472 g/mol. The van der Waals surface area contributed by atoms with E-state index in [1.54, 1.807) is 29.1 Å². The van der Waals surface area contributed by atoms with Gasteiger partial charge in [0.25, 0.3) is 0 Å². The van der Waals surface area contributed by atoms with Crippen molar-refractivity contribution >= 4 is 17.4 Å². The molecule has 0 radical (unpaired) electrons. The largest absolute Gasteiger partial charge is 0.492 e. The molecule has 2 N–H and O–H groups in total. The maximum atomic E-state index is 13.9. The molecule has 0 atom stereocenters. The van der Waals surface area contributed by atoms with Gasteiger partial charge in [-0.05, 0) is 42.8 Å². The van der Waals surface area contributed by atoms with Crippen LogP contribution in [0.1, 0.15) is 6.42 Å². The van der Waals surface area contributed by atoms with E-state index in [1.807, 2.05) is 13.1 Å². The number of urea groups is 1. The highest BCUT2D eigenvalue weighted by Crippen LogP contribution is 2.32. The van der Waals surface area contributed by atoms with Gasteiger partial charge in [0.1, 0.15) is 24.0 Å². The molecule has 180 valence electrons. The van der Waals surface area contributed by atoms with Crippen molar-refractivity contribution in [2.24, 2.45) is 7.05 Å². The highest BCUT2D eigenvalue weighted by molar-refractivity contribution is 6.00. The highest BCUT2D eigenvalue weighted by Gasteiger charge is 2.15. The number of aryl methyl sites for hydroxylation is 1. The molecule has 1 aromatic heterocycles. The Hall–Kier alpha value is -3.50. The summed E-state index contributed by atoms with van der Waals surface area (Å²) in [6.45, 7) is 4.65. The maximum Gasteiger partial charge on any atom is 0.323 e. The van der Waals surface area contributed by atoms with Gasteiger partial charge in [-0.1, -0.05) is 0 Å². The number of nitrogens with one attached hydrogen (secondary N) is 2. The van der Waals surface area contributed by atoms with Gasteiger partial charge in [-0.3, -0.25) is 9.58 Å². The molecular formula is C24H27F2N5O3. The SMILES string of the molecule is Cn1nccc1-c1cc(NC(=O)Nc2ccc(F)cc2F)ccc1OCCN1CCCOCC1. The number of amides is 2. The standard InChI is InChI=1S/C24H27F2N5O3/c1-30-22(7-8-27-30)19-16-18(28-24(32)29-21-5-3-17(25)15-20(21)26)4-6-23(19)34-14-11-31-9-2-12-33-13-10-31/h3-8,15-16H,2,9-14H2,1H3,(H2,28,29,32). The van der Waals surface area contributed by atoms with Gasteiger partial charge in [0.2, 0.25) is 0 Å². The van der Waals surface area contributed by atoms with Gasteiger partial charge in [0.05, 0.1) is 18.0 Å². The van der Waals surface area contributed by atoms with E-state index in [2.05, 4.69) is 20.6 Å². The van der Waals surface area contributed by atoms with Crippen LogP contribution in [0.5, 0.6) is 5.75 Å². The van der Waals surface area contributed by atoms with E-state index in [1.165, 1.54) is 6.07 Å². The first-order valence-corrected chi connectivity index (χ1v) is 11.1. The third-order valence-corrected chi connectivity index (χ3v) is 5.49. The van der Waals surface area contributed by atoms with E-state index < -0.39 is 17.7 Å². The molecule has 1 fully saturated rings. The Kier molecular flexibility index (Phi) is 7.71. The van der Waals surface area contributed by atoms with E-state index in [4.69, 9.17) is 9.47 Å². The number of carbonyl (C=O) groups is 1. The molecule has 10 heteroatoms. The van der Waals surface area contributed by atoms with Crippen LogP contribution in [-0.4, -0.2) is 60.2 Å². The van der Waals surface area contributed by atoms with Gasteiger partial charge in [-0.15, -0.1) is 0 Å². The number of nitrogens with zero attached hydrogens (tertiary/aromatic N) is 3. The number of carbonyl (C=O) groups excluding carboxylic acids is 1. The molecule has 2 heterocycles. The quantitative estimate of drug-likeness (QED) is 0.542. The van der Waals surface area contributed by atoms with Crippen LogP contribution in [0.15, 0.2) is 48.7 Å². The summed E-state index contributed by atoms with van der Waals surface area (Å²) in [6, 6.07) is 9.40. The molecule has 1 aliphatic heterocycles. The molecule has 0 bridgehead atoms. The number of benzene rings is 2. The lowest BCUT2D eigenvalue weighted by molar-refractivity contribution is 0.137. The van der Waals surface area contributed by atoms with Crippen LogP contribution >= 0.6 is 0 Å². The van der Waals surface area contributed by atoms with Crippen molar-refractivity contribution in [3.8, 4) is 17.0 Å². The van der Waals surface area contributed by atoms with Gasteiger partial charge < -0.3 is 20.1 Å². The second kappa shape index (κ2) is 11.1. The van der Waals surface area contributed by atoms with Crippen molar-refractivity contribution in [2.45, 2.75) is 6.42 Å². The minimum absolute atomic E-state index is 0.121. The van der Waals surface area contributed by atoms with Crippen LogP contribution in [-0.2, 0) is 11.8 Å². The molecular weight excluding hydrogens is 444 g/mol. The van der Waals surface area contributed by atoms with E-state index >= 15 is 0 Å². The van der Waals surface area contributed by atoms with Crippen molar-refractivity contribution in [1.82, 2.24) is 14.7 Å². The topological polar surface area (TPSA) is 80.7 Å². The molecule has 1 saturated heterocycles. The fourth-order valence-corrected chi connectivity index (χ4v) is 3.75. The zero-order chi connectivity index (χ0) is 23.9. The average Bonchev–Trinajstić information content (AvgIpc) is 3.06. The number of halogens is 2. The lowest BCUT2D eigenvalue weighted by Crippen LogP contribution is -2.30. The second-order valence-corrected chi connectivity index (χ2v) is 7.91. The summed E-state index contributed by atoms with van der Waals surface area (Å²) >= 11 is 0. The Labute approximate surface area is 196 Å². The summed E-state index contributed by atoms with van der Waals surface area (Å²) in [7, 11) is 1.82. The minimum atomic E-state index is -0.856. The lowest BCUT2D eigenvalue weighted by Gasteiger charge is -2.20. The van der Waals surface area contributed by atoms with E-state index in [0.29, 0.717) is 24.1 Å². The molecule has 4 rings (SSSR count). The van der Waals surface area contributed by atoms with Gasteiger partial charge >= 0.3 is 6.03 Å². The number of hydrogen-bond acceptors (Lipinski definition) is 5. The maximum absolute atomic E-state index is 13.9. The Bertz CT molecular complexity index is 1130. The van der Waals surface area contributed by atoms with Gasteiger partial charge in [0, 0.05) is 56.8 Å². The van der Waals surface area contributed by atoms with Crippen LogP contribution in [0.4, 0.5) is 25.0 Å². The zero-order valence-corrected chi connectivity index (χ0v) is 18.9. The predicted molar refractivity (Wildman–Crippen MR) is 125 cm³/mol. The fraction of sp³-hybridized carbons (Fsp3) is 0.333. The fourth-order valence-electron chi connectivity index (χ4n) is 3.75. The van der Waals surface area contributed by atoms with Crippen LogP contribution in [0.25, 0.3) is 11.3 Å². The van der Waals surface area contributed by atoms with Crippen molar-refractivity contribution in [3.63, 3.8) is 0 Å². The van der Waals surface area contributed by atoms with Crippen LogP contribution in [0.2, 0.25) is 0 Å². The van der Waals surface area contributed by atoms with Crippen LogP contribution in [0.3, 0.4) is 0 Å². The zero-order valence-electron chi connectivity index (χ0n) is 18.9. The molecule has 2 aromatic carbocycles. The minimum Gasteiger partial charge on any atom is -0.492 e. The van der Waals surface area contributed by atoms with Gasteiger partial charge in [-0.2, -0.15) is 5.10 Å². The Balaban J connectivity index is 1.46. The molecule has 0 spiro atoms. The summed E-state index contributed by atoms with van der Waals surface area (Å²) < 4.78 is 40.3. The summed E-state index contributed by atoms with van der Waals surface area (Å²) in [4.78, 5) is 14.7. The Morgan fingerprint density at radius 2 is 2.00 bits per heavy atom. The van der Waals surface area contributed by atoms with E-state index in [-0.39, 0.29) is 5.69 Å². The second-order valence-electron chi connectivity index (χ2n) is 7.91. The molecule has 8 nitrogen and oxygen atoms in total. The highest BCUT2D eigenvalue weighted by atomic mass is 19.1. The first-order chi connectivity index (χ1) is 16.5. The first-order valence-electron chi connectivity index (χ1n) is 11.1. The van der Waals surface area contributed by atoms with Crippen LogP contribution in [0, 0.1) is 11.6 Å². The van der Waals surface area contributed by atoms with Crippen molar-refractivity contribution < 1.29 is 23.0 Å². The molecule has 34 heavy (non-hydrogen) atoms. The number of rotatable bonds is 7. The van der Waals surface area contributed by atoms with Crippen LogP contribution < -0.4 is 15.4 Å². The van der Waals surface area contributed by atoms with E-state index in [9.17, 15) is 13.6 Å². The Morgan fingerprint density at radius 3 is 2.79 bits per heavy atom. The Morgan fingerprint density at radius 1 is 1.12 bits per heavy atom. The lowest BCUT2D eigenvalue weighted by atomic mass is 10.1. The third kappa shape index (κ3) is 6.09. The van der Waals surface area contributed by atoms with Gasteiger partial charge in [-0.25, -0.2) is 13.6 Å². The molecule has 3 aromatic rings. The number of hydrogen-bond donors (Lipinski definition) is 2. The van der Waals surface area contributed by atoms with E-state index in [0.717, 1.165) is 56.6 Å². The predicted octanol–water partition coefficient (Wildman–Crippen LogP) is 4.11. The summed E-state index contributed by atoms with van der Waals surface area (Å²) in [5, 5.41) is 9.29. The number of ether oxygens (including phenoxy) is 2. The molecule has 0 unspecified atom stereocenters. The first kappa shape index (κ1) is 23.7. The number of aromatic nitrogens is 2. The van der Waals surface area contributed by atoms with Crippen molar-refractivity contribution in [2.75, 3.05) is 50.1 Å². The number of anilines is 2. The van der Waals surface area contributed by atoms with Crippen molar-refractivity contribution in [1.29, 1.82) is 0 Å². The normalized spacial score (nSPS) is 14.4. The summed E-state index contributed by atoms with van der Waals surface area (Å²) in [6.07, 6.45) is 2.69. The monoisotopic (exact) mass is 471 g/mol. The van der Waals surface area contributed by atoms with Gasteiger partial charge in [0.15, 0.2) is 0 Å². The van der Waals surface area contributed by atoms with Crippen molar-refractivity contribution in [3.05, 3.63) is 60.3 Å².